The fourth-order valence-electron chi connectivity index (χ4n) is 2.63. The Morgan fingerprint density at radius 2 is 1.96 bits per heavy atom. The van der Waals surface area contributed by atoms with E-state index in [1.165, 1.54) is 10.7 Å². The summed E-state index contributed by atoms with van der Waals surface area (Å²) in [6, 6.07) is 3.25. The summed E-state index contributed by atoms with van der Waals surface area (Å²) in [6.07, 6.45) is -4.40. The molecule has 0 bridgehead atoms. The van der Waals surface area contributed by atoms with Crippen LogP contribution in [0.3, 0.4) is 0 Å². The first-order valence-electron chi connectivity index (χ1n) is 8.47. The van der Waals surface area contributed by atoms with Crippen molar-refractivity contribution < 1.29 is 22.7 Å². The van der Waals surface area contributed by atoms with Gasteiger partial charge in [0.25, 0.3) is 0 Å². The van der Waals surface area contributed by atoms with E-state index in [0.717, 1.165) is 17.8 Å². The van der Waals surface area contributed by atoms with E-state index in [2.05, 4.69) is 10.4 Å². The summed E-state index contributed by atoms with van der Waals surface area (Å²) in [5.41, 5.74) is -0.228. The molecule has 5 nitrogen and oxygen atoms in total. The Kier molecular flexibility index (Phi) is 5.53. The number of carbonyl (C=O) groups excluding carboxylic acids is 1. The molecule has 1 N–H and O–H groups in total. The SMILES string of the molecule is CCc1nn(CC(C)NC(=O)OC(C)(C)C)c2cc(C(F)(F)F)ccc12. The van der Waals surface area contributed by atoms with Gasteiger partial charge in [0.15, 0.2) is 0 Å². The standard InChI is InChI=1S/C18H24F3N3O2/c1-6-14-13-8-7-12(18(19,20)21)9-15(13)24(23-14)10-11(2)22-16(25)26-17(3,4)5/h7-9,11H,6,10H2,1-5H3,(H,22,25). The van der Waals surface area contributed by atoms with Crippen LogP contribution in [0, 0.1) is 0 Å². The molecule has 2 aromatic rings. The summed E-state index contributed by atoms with van der Waals surface area (Å²) in [6.45, 7) is 9.14. The van der Waals surface area contributed by atoms with Gasteiger partial charge in [-0.3, -0.25) is 4.68 Å². The van der Waals surface area contributed by atoms with E-state index in [4.69, 9.17) is 4.74 Å². The number of ether oxygens (including phenoxy) is 1. The van der Waals surface area contributed by atoms with Crippen LogP contribution in [0.4, 0.5) is 18.0 Å². The summed E-state index contributed by atoms with van der Waals surface area (Å²) in [5.74, 6) is 0. The third-order valence-corrected chi connectivity index (χ3v) is 3.70. The number of carbonyl (C=O) groups is 1. The molecule has 0 spiro atoms. The maximum absolute atomic E-state index is 13.0. The molecule has 1 heterocycles. The molecule has 0 saturated heterocycles. The Morgan fingerprint density at radius 3 is 2.50 bits per heavy atom. The molecule has 0 radical (unpaired) electrons. The average Bonchev–Trinajstić information content (AvgIpc) is 2.81. The zero-order chi connectivity index (χ0) is 19.7. The quantitative estimate of drug-likeness (QED) is 0.859. The van der Waals surface area contributed by atoms with Crippen molar-refractivity contribution in [3.05, 3.63) is 29.5 Å². The van der Waals surface area contributed by atoms with E-state index < -0.39 is 23.4 Å². The van der Waals surface area contributed by atoms with Crippen molar-refractivity contribution in [2.75, 3.05) is 0 Å². The van der Waals surface area contributed by atoms with Gasteiger partial charge in [0, 0.05) is 11.4 Å². The maximum Gasteiger partial charge on any atom is 0.416 e. The minimum absolute atomic E-state index is 0.233. The summed E-state index contributed by atoms with van der Waals surface area (Å²) < 4.78 is 45.8. The number of benzene rings is 1. The van der Waals surface area contributed by atoms with Gasteiger partial charge in [-0.15, -0.1) is 0 Å². The molecule has 1 aromatic heterocycles. The smallest absolute Gasteiger partial charge is 0.416 e. The molecular formula is C18H24F3N3O2. The van der Waals surface area contributed by atoms with Crippen LogP contribution in [0.15, 0.2) is 18.2 Å². The van der Waals surface area contributed by atoms with Crippen LogP contribution in [0.25, 0.3) is 10.9 Å². The highest BCUT2D eigenvalue weighted by molar-refractivity contribution is 5.83. The van der Waals surface area contributed by atoms with Crippen LogP contribution in [0.2, 0.25) is 0 Å². The molecule has 1 unspecified atom stereocenters. The van der Waals surface area contributed by atoms with E-state index in [1.54, 1.807) is 27.7 Å². The minimum Gasteiger partial charge on any atom is -0.444 e. The van der Waals surface area contributed by atoms with Crippen molar-refractivity contribution in [2.24, 2.45) is 0 Å². The molecule has 1 amide bonds. The molecule has 1 aromatic carbocycles. The molecule has 0 aliphatic rings. The zero-order valence-electron chi connectivity index (χ0n) is 15.6. The molecule has 1 atom stereocenters. The summed E-state index contributed by atoms with van der Waals surface area (Å²) >= 11 is 0. The highest BCUT2D eigenvalue weighted by Gasteiger charge is 2.31. The molecule has 0 aliphatic carbocycles. The largest absolute Gasteiger partial charge is 0.444 e. The number of halogens is 3. The van der Waals surface area contributed by atoms with Crippen molar-refractivity contribution in [3.63, 3.8) is 0 Å². The van der Waals surface area contributed by atoms with Gasteiger partial charge >= 0.3 is 12.3 Å². The number of aryl methyl sites for hydroxylation is 1. The van der Waals surface area contributed by atoms with E-state index >= 15 is 0 Å². The van der Waals surface area contributed by atoms with E-state index in [-0.39, 0.29) is 12.6 Å². The van der Waals surface area contributed by atoms with Crippen LogP contribution >= 0.6 is 0 Å². The molecule has 0 aliphatic heterocycles. The number of hydrogen-bond acceptors (Lipinski definition) is 3. The number of nitrogens with one attached hydrogen (secondary N) is 1. The van der Waals surface area contributed by atoms with Gasteiger partial charge in [0.05, 0.1) is 23.3 Å². The first-order valence-corrected chi connectivity index (χ1v) is 8.47. The van der Waals surface area contributed by atoms with E-state index in [0.29, 0.717) is 17.3 Å². The lowest BCUT2D eigenvalue weighted by atomic mass is 10.1. The predicted octanol–water partition coefficient (Wildman–Crippen LogP) is 4.53. The van der Waals surface area contributed by atoms with Crippen molar-refractivity contribution >= 4 is 17.0 Å². The van der Waals surface area contributed by atoms with Gasteiger partial charge in [-0.05, 0) is 46.2 Å². The molecular weight excluding hydrogens is 347 g/mol. The normalized spacial score (nSPS) is 13.7. The predicted molar refractivity (Wildman–Crippen MR) is 92.9 cm³/mol. The van der Waals surface area contributed by atoms with Crippen LogP contribution < -0.4 is 5.32 Å². The van der Waals surface area contributed by atoms with Gasteiger partial charge in [0.2, 0.25) is 0 Å². The van der Waals surface area contributed by atoms with E-state index in [1.807, 2.05) is 6.92 Å². The second-order valence-corrected chi connectivity index (χ2v) is 7.26. The second-order valence-electron chi connectivity index (χ2n) is 7.26. The lowest BCUT2D eigenvalue weighted by Gasteiger charge is -2.22. The maximum atomic E-state index is 13.0. The second kappa shape index (κ2) is 7.17. The third-order valence-electron chi connectivity index (χ3n) is 3.70. The highest BCUT2D eigenvalue weighted by Crippen LogP contribution is 2.32. The average molecular weight is 371 g/mol. The fourth-order valence-corrected chi connectivity index (χ4v) is 2.63. The van der Waals surface area contributed by atoms with Crippen LogP contribution in [0.5, 0.6) is 0 Å². The van der Waals surface area contributed by atoms with Crippen molar-refractivity contribution in [1.29, 1.82) is 0 Å². The Hall–Kier alpha value is -2.25. The molecule has 8 heteroatoms. The van der Waals surface area contributed by atoms with Gasteiger partial charge in [0.1, 0.15) is 5.60 Å². The third kappa shape index (κ3) is 4.89. The first kappa shape index (κ1) is 20.1. The molecule has 2 rings (SSSR count). The number of aromatic nitrogens is 2. The highest BCUT2D eigenvalue weighted by atomic mass is 19.4. The van der Waals surface area contributed by atoms with Crippen LogP contribution in [-0.2, 0) is 23.9 Å². The van der Waals surface area contributed by atoms with Crippen molar-refractivity contribution in [3.8, 4) is 0 Å². The minimum atomic E-state index is -4.42. The number of amides is 1. The van der Waals surface area contributed by atoms with Gasteiger partial charge in [-0.2, -0.15) is 18.3 Å². The Balaban J connectivity index is 2.26. The monoisotopic (exact) mass is 371 g/mol. The number of hydrogen-bond donors (Lipinski definition) is 1. The fraction of sp³-hybridized carbons (Fsp3) is 0.556. The number of rotatable bonds is 4. The van der Waals surface area contributed by atoms with Gasteiger partial charge < -0.3 is 10.1 Å². The number of alkyl carbamates (subject to hydrolysis) is 1. The van der Waals surface area contributed by atoms with Gasteiger partial charge in [-0.1, -0.05) is 13.0 Å². The number of alkyl halides is 3. The Bertz CT molecular complexity index is 791. The topological polar surface area (TPSA) is 56.2 Å². The lowest BCUT2D eigenvalue weighted by molar-refractivity contribution is -0.137. The summed E-state index contributed by atoms with van der Waals surface area (Å²) in [5, 5.41) is 7.77. The number of fused-ring (bicyclic) bond motifs is 1. The summed E-state index contributed by atoms with van der Waals surface area (Å²) in [7, 11) is 0. The number of nitrogens with zero attached hydrogens (tertiary/aromatic N) is 2. The lowest BCUT2D eigenvalue weighted by Crippen LogP contribution is -2.39. The van der Waals surface area contributed by atoms with Crippen molar-refractivity contribution in [1.82, 2.24) is 15.1 Å². The zero-order valence-corrected chi connectivity index (χ0v) is 15.6. The molecule has 0 fully saturated rings. The van der Waals surface area contributed by atoms with Crippen LogP contribution in [0.1, 0.15) is 45.9 Å². The van der Waals surface area contributed by atoms with Crippen LogP contribution in [-0.4, -0.2) is 27.5 Å². The molecule has 0 saturated carbocycles. The van der Waals surface area contributed by atoms with E-state index in [9.17, 15) is 18.0 Å². The van der Waals surface area contributed by atoms with Crippen molar-refractivity contribution in [2.45, 2.75) is 65.4 Å². The summed E-state index contributed by atoms with van der Waals surface area (Å²) in [4.78, 5) is 11.9. The Labute approximate surface area is 150 Å². The molecule has 144 valence electrons. The Morgan fingerprint density at radius 1 is 1.31 bits per heavy atom. The van der Waals surface area contributed by atoms with Gasteiger partial charge in [-0.25, -0.2) is 4.79 Å². The first-order chi connectivity index (χ1) is 11.9. The molecule has 26 heavy (non-hydrogen) atoms.